The van der Waals surface area contributed by atoms with Crippen LogP contribution in [0.1, 0.15) is 35.2 Å². The van der Waals surface area contributed by atoms with E-state index in [0.717, 1.165) is 6.07 Å². The lowest BCUT2D eigenvalue weighted by Crippen LogP contribution is -2.38. The second-order valence-corrected chi connectivity index (χ2v) is 5.74. The number of fused-ring (bicyclic) bond motifs is 2. The van der Waals surface area contributed by atoms with E-state index in [1.807, 2.05) is 0 Å². The molecule has 1 aromatic carbocycles. The number of hydrogen-bond acceptors (Lipinski definition) is 2. The molecule has 1 amide bonds. The monoisotopic (exact) mass is 295 g/mol. The number of rotatable bonds is 2. The fraction of sp³-hybridized carbons (Fsp3) is 0.467. The van der Waals surface area contributed by atoms with Crippen molar-refractivity contribution >= 4 is 11.9 Å². The van der Waals surface area contributed by atoms with Gasteiger partial charge in [-0.25, -0.2) is 8.78 Å². The van der Waals surface area contributed by atoms with Gasteiger partial charge in [-0.05, 0) is 37.8 Å². The van der Waals surface area contributed by atoms with Crippen molar-refractivity contribution in [2.24, 2.45) is 5.92 Å². The lowest BCUT2D eigenvalue weighted by Gasteiger charge is -2.23. The predicted molar refractivity (Wildman–Crippen MR) is 69.8 cm³/mol. The van der Waals surface area contributed by atoms with E-state index in [1.54, 1.807) is 0 Å². The first-order valence-corrected chi connectivity index (χ1v) is 6.92. The zero-order valence-corrected chi connectivity index (χ0v) is 11.5. The summed E-state index contributed by atoms with van der Waals surface area (Å²) < 4.78 is 28.0. The molecular formula is C15H15F2NO3. The van der Waals surface area contributed by atoms with Crippen LogP contribution in [0.5, 0.6) is 0 Å². The summed E-state index contributed by atoms with van der Waals surface area (Å²) >= 11 is 0. The van der Waals surface area contributed by atoms with Crippen LogP contribution in [0.15, 0.2) is 12.1 Å². The minimum atomic E-state index is -0.954. The van der Waals surface area contributed by atoms with E-state index in [-0.39, 0.29) is 11.6 Å². The Morgan fingerprint density at radius 1 is 1.29 bits per heavy atom. The molecule has 4 nitrogen and oxygen atoms in total. The highest BCUT2D eigenvalue weighted by molar-refractivity contribution is 5.96. The van der Waals surface area contributed by atoms with Gasteiger partial charge < -0.3 is 10.0 Å². The summed E-state index contributed by atoms with van der Waals surface area (Å²) in [6.07, 6.45) is 1.62. The van der Waals surface area contributed by atoms with E-state index in [4.69, 9.17) is 0 Å². The Morgan fingerprint density at radius 2 is 2.00 bits per heavy atom. The third-order valence-electron chi connectivity index (χ3n) is 4.59. The predicted octanol–water partition coefficient (Wildman–Crippen LogP) is 2.35. The van der Waals surface area contributed by atoms with Gasteiger partial charge in [-0.3, -0.25) is 9.59 Å². The molecule has 0 spiro atoms. The fourth-order valence-electron chi connectivity index (χ4n) is 3.55. The SMILES string of the molecule is Cc1ccc(F)c(C(=O)N2C3CCC2C(C(=O)O)C3)c1F. The van der Waals surface area contributed by atoms with Gasteiger partial charge in [0.15, 0.2) is 0 Å². The van der Waals surface area contributed by atoms with Gasteiger partial charge in [0.25, 0.3) is 5.91 Å². The number of nitrogens with zero attached hydrogens (tertiary/aromatic N) is 1. The summed E-state index contributed by atoms with van der Waals surface area (Å²) in [5, 5.41) is 9.17. The van der Waals surface area contributed by atoms with Crippen LogP contribution in [0.4, 0.5) is 8.78 Å². The molecular weight excluding hydrogens is 280 g/mol. The fourth-order valence-corrected chi connectivity index (χ4v) is 3.55. The van der Waals surface area contributed by atoms with Crippen molar-refractivity contribution in [1.29, 1.82) is 0 Å². The van der Waals surface area contributed by atoms with Crippen molar-refractivity contribution in [2.75, 3.05) is 0 Å². The molecule has 2 fully saturated rings. The number of carbonyl (C=O) groups excluding carboxylic acids is 1. The van der Waals surface area contributed by atoms with Crippen molar-refractivity contribution in [3.8, 4) is 0 Å². The molecule has 112 valence electrons. The van der Waals surface area contributed by atoms with E-state index in [0.29, 0.717) is 19.3 Å². The minimum absolute atomic E-state index is 0.195. The van der Waals surface area contributed by atoms with E-state index >= 15 is 0 Å². The maximum absolute atomic E-state index is 14.1. The molecule has 1 N–H and O–H groups in total. The Bertz CT molecular complexity index is 632. The molecule has 2 aliphatic heterocycles. The highest BCUT2D eigenvalue weighted by atomic mass is 19.1. The third kappa shape index (κ3) is 2.01. The van der Waals surface area contributed by atoms with Crippen molar-refractivity contribution in [3.63, 3.8) is 0 Å². The molecule has 21 heavy (non-hydrogen) atoms. The molecule has 0 aromatic heterocycles. The number of amides is 1. The highest BCUT2D eigenvalue weighted by Crippen LogP contribution is 2.43. The molecule has 2 saturated heterocycles. The van der Waals surface area contributed by atoms with Crippen molar-refractivity contribution in [3.05, 3.63) is 34.9 Å². The third-order valence-corrected chi connectivity index (χ3v) is 4.59. The van der Waals surface area contributed by atoms with Gasteiger partial charge in [-0.2, -0.15) is 0 Å². The number of aliphatic carboxylic acids is 1. The lowest BCUT2D eigenvalue weighted by molar-refractivity contribution is -0.142. The first-order valence-electron chi connectivity index (χ1n) is 6.92. The molecule has 3 atom stereocenters. The average Bonchev–Trinajstić information content (AvgIpc) is 3.00. The lowest BCUT2D eigenvalue weighted by atomic mass is 9.89. The van der Waals surface area contributed by atoms with Gasteiger partial charge in [-0.15, -0.1) is 0 Å². The van der Waals surface area contributed by atoms with Crippen LogP contribution in [0.3, 0.4) is 0 Å². The Labute approximate surface area is 120 Å². The van der Waals surface area contributed by atoms with Gasteiger partial charge in [-0.1, -0.05) is 6.07 Å². The molecule has 0 radical (unpaired) electrons. The Morgan fingerprint density at radius 3 is 2.62 bits per heavy atom. The first-order chi connectivity index (χ1) is 9.91. The molecule has 6 heteroatoms. The Hall–Kier alpha value is -1.98. The maximum Gasteiger partial charge on any atom is 0.308 e. The Kier molecular flexibility index (Phi) is 3.19. The van der Waals surface area contributed by atoms with Crippen LogP contribution in [-0.4, -0.2) is 34.0 Å². The van der Waals surface area contributed by atoms with Gasteiger partial charge in [0.05, 0.1) is 5.92 Å². The number of carboxylic acid groups (broad SMARTS) is 1. The second kappa shape index (κ2) is 4.79. The highest BCUT2D eigenvalue weighted by Gasteiger charge is 2.52. The van der Waals surface area contributed by atoms with Gasteiger partial charge in [0.2, 0.25) is 0 Å². The van der Waals surface area contributed by atoms with Crippen LogP contribution in [0.2, 0.25) is 0 Å². The summed E-state index contributed by atoms with van der Waals surface area (Å²) in [5.41, 5.74) is -0.376. The van der Waals surface area contributed by atoms with Crippen LogP contribution < -0.4 is 0 Å². The largest absolute Gasteiger partial charge is 0.481 e. The smallest absolute Gasteiger partial charge is 0.308 e. The molecule has 0 saturated carbocycles. The van der Waals surface area contributed by atoms with Crippen molar-refractivity contribution in [1.82, 2.24) is 4.90 Å². The second-order valence-electron chi connectivity index (χ2n) is 5.74. The molecule has 3 unspecified atom stereocenters. The Balaban J connectivity index is 1.98. The zero-order chi connectivity index (χ0) is 15.3. The molecule has 1 aromatic rings. The minimum Gasteiger partial charge on any atom is -0.481 e. The number of carboxylic acids is 1. The van der Waals surface area contributed by atoms with Crippen molar-refractivity contribution in [2.45, 2.75) is 38.3 Å². The van der Waals surface area contributed by atoms with Gasteiger partial charge in [0.1, 0.15) is 17.2 Å². The number of aryl methyl sites for hydroxylation is 1. The van der Waals surface area contributed by atoms with E-state index in [9.17, 15) is 23.5 Å². The summed E-state index contributed by atoms with van der Waals surface area (Å²) in [5.74, 6) is -4.08. The van der Waals surface area contributed by atoms with Crippen LogP contribution >= 0.6 is 0 Å². The molecule has 0 aliphatic carbocycles. The standard InChI is InChI=1S/C15H15F2NO3/c1-7-2-4-10(16)12(13(7)17)14(19)18-8-3-5-11(18)9(6-8)15(20)21/h2,4,8-9,11H,3,5-6H2,1H3,(H,20,21). The zero-order valence-electron chi connectivity index (χ0n) is 11.5. The van der Waals surface area contributed by atoms with Gasteiger partial charge >= 0.3 is 5.97 Å². The molecule has 2 bridgehead atoms. The molecule has 2 heterocycles. The summed E-state index contributed by atoms with van der Waals surface area (Å²) in [7, 11) is 0. The van der Waals surface area contributed by atoms with Crippen LogP contribution in [-0.2, 0) is 4.79 Å². The summed E-state index contributed by atoms with van der Waals surface area (Å²) in [6, 6.07) is 1.65. The number of carbonyl (C=O) groups is 2. The maximum atomic E-state index is 14.1. The number of benzene rings is 1. The van der Waals surface area contributed by atoms with Crippen LogP contribution in [0.25, 0.3) is 0 Å². The van der Waals surface area contributed by atoms with Gasteiger partial charge in [0, 0.05) is 12.1 Å². The van der Waals surface area contributed by atoms with Crippen molar-refractivity contribution < 1.29 is 23.5 Å². The number of hydrogen-bond donors (Lipinski definition) is 1. The van der Waals surface area contributed by atoms with E-state index in [2.05, 4.69) is 0 Å². The first kappa shape index (κ1) is 14.0. The topological polar surface area (TPSA) is 57.6 Å². The quantitative estimate of drug-likeness (QED) is 0.911. The van der Waals surface area contributed by atoms with Crippen LogP contribution in [0, 0.1) is 24.5 Å². The summed E-state index contributed by atoms with van der Waals surface area (Å²) in [6.45, 7) is 1.46. The van der Waals surface area contributed by atoms with E-state index in [1.165, 1.54) is 17.9 Å². The van der Waals surface area contributed by atoms with E-state index < -0.39 is 41.0 Å². The molecule has 3 rings (SSSR count). The summed E-state index contributed by atoms with van der Waals surface area (Å²) in [4.78, 5) is 25.1. The molecule has 2 aliphatic rings. The normalized spacial score (nSPS) is 27.2. The average molecular weight is 295 g/mol. The number of halogens is 2.